The van der Waals surface area contributed by atoms with Gasteiger partial charge < -0.3 is 10.7 Å². The van der Waals surface area contributed by atoms with Gasteiger partial charge in [-0.25, -0.2) is 8.78 Å². The predicted octanol–water partition coefficient (Wildman–Crippen LogP) is 1.20. The van der Waals surface area contributed by atoms with Crippen molar-refractivity contribution in [2.75, 3.05) is 5.73 Å². The van der Waals surface area contributed by atoms with Gasteiger partial charge in [-0.1, -0.05) is 0 Å². The molecule has 0 fully saturated rings. The Hall–Kier alpha value is -1.39. The first-order chi connectivity index (χ1) is 5.54. The van der Waals surface area contributed by atoms with Crippen LogP contribution in [-0.2, 0) is 0 Å². The second-order valence-corrected chi connectivity index (χ2v) is 2.41. The Morgan fingerprint density at radius 2 is 2.17 bits per heavy atom. The second-order valence-electron chi connectivity index (χ2n) is 2.41. The Balaban J connectivity index is 3.37. The van der Waals surface area contributed by atoms with E-state index in [0.29, 0.717) is 0 Å². The van der Waals surface area contributed by atoms with E-state index in [0.717, 1.165) is 6.20 Å². The maximum absolute atomic E-state index is 12.1. The number of nitrogens with one attached hydrogen (secondary N) is 1. The van der Waals surface area contributed by atoms with Gasteiger partial charge in [-0.15, -0.1) is 0 Å². The Morgan fingerprint density at radius 1 is 1.58 bits per heavy atom. The first-order valence-electron chi connectivity index (χ1n) is 3.30. The van der Waals surface area contributed by atoms with Gasteiger partial charge in [0.05, 0.1) is 5.56 Å². The Morgan fingerprint density at radius 3 is 2.67 bits per heavy atom. The molecule has 0 radical (unpaired) electrons. The van der Waals surface area contributed by atoms with Crippen LogP contribution in [0.1, 0.15) is 17.6 Å². The maximum Gasteiger partial charge on any atom is 0.269 e. The zero-order valence-corrected chi connectivity index (χ0v) is 6.40. The summed E-state index contributed by atoms with van der Waals surface area (Å²) in [7, 11) is 0. The summed E-state index contributed by atoms with van der Waals surface area (Å²) < 4.78 is 24.2. The number of alkyl halides is 2. The lowest BCUT2D eigenvalue weighted by Crippen LogP contribution is -2.15. The van der Waals surface area contributed by atoms with Crippen molar-refractivity contribution in [1.82, 2.24) is 4.98 Å². The average Bonchev–Trinajstić information content (AvgIpc) is 2.00. The van der Waals surface area contributed by atoms with Crippen molar-refractivity contribution in [2.45, 2.75) is 13.3 Å². The molecular weight excluding hydrogens is 166 g/mol. The minimum atomic E-state index is -2.76. The molecular formula is C7H8F2N2O. The minimum Gasteiger partial charge on any atom is -0.385 e. The number of hydrogen-bond acceptors (Lipinski definition) is 2. The first-order valence-corrected chi connectivity index (χ1v) is 3.30. The molecule has 1 aromatic rings. The molecule has 0 saturated carbocycles. The Kier molecular flexibility index (Phi) is 2.12. The number of nitrogen functional groups attached to an aromatic ring is 1. The smallest absolute Gasteiger partial charge is 0.269 e. The third-order valence-electron chi connectivity index (χ3n) is 1.63. The van der Waals surface area contributed by atoms with Gasteiger partial charge in [0.25, 0.3) is 6.43 Å². The van der Waals surface area contributed by atoms with Crippen molar-refractivity contribution in [3.8, 4) is 0 Å². The van der Waals surface area contributed by atoms with Crippen LogP contribution in [0.3, 0.4) is 0 Å². The van der Waals surface area contributed by atoms with Crippen LogP contribution in [0, 0.1) is 6.92 Å². The summed E-state index contributed by atoms with van der Waals surface area (Å²) in [6.07, 6.45) is -1.82. The van der Waals surface area contributed by atoms with Gasteiger partial charge in [-0.3, -0.25) is 4.79 Å². The van der Waals surface area contributed by atoms with Crippen LogP contribution in [-0.4, -0.2) is 4.98 Å². The number of aromatic amines is 1. The molecule has 1 aromatic heterocycles. The van der Waals surface area contributed by atoms with Gasteiger partial charge in [-0.05, 0) is 6.92 Å². The zero-order chi connectivity index (χ0) is 9.30. The molecule has 0 amide bonds. The van der Waals surface area contributed by atoms with E-state index < -0.39 is 17.4 Å². The van der Waals surface area contributed by atoms with Gasteiger partial charge in [0.2, 0.25) is 0 Å². The van der Waals surface area contributed by atoms with Gasteiger partial charge in [0.15, 0.2) is 5.43 Å². The highest BCUT2D eigenvalue weighted by molar-refractivity contribution is 5.39. The number of hydrogen-bond donors (Lipinski definition) is 2. The summed E-state index contributed by atoms with van der Waals surface area (Å²) in [4.78, 5) is 13.4. The number of anilines is 1. The lowest BCUT2D eigenvalue weighted by atomic mass is 10.2. The fourth-order valence-electron chi connectivity index (χ4n) is 0.830. The molecule has 0 bridgehead atoms. The van der Waals surface area contributed by atoms with Gasteiger partial charge in [0.1, 0.15) is 5.82 Å². The van der Waals surface area contributed by atoms with Crippen LogP contribution < -0.4 is 11.2 Å². The number of pyridine rings is 1. The lowest BCUT2D eigenvalue weighted by Gasteiger charge is -2.02. The molecule has 1 heterocycles. The van der Waals surface area contributed by atoms with Crippen molar-refractivity contribution in [3.05, 3.63) is 27.5 Å². The summed E-state index contributed by atoms with van der Waals surface area (Å²) in [6, 6.07) is 0. The Labute approximate surface area is 67.2 Å². The number of halogens is 2. The van der Waals surface area contributed by atoms with Gasteiger partial charge in [-0.2, -0.15) is 0 Å². The van der Waals surface area contributed by atoms with Gasteiger partial charge in [0, 0.05) is 11.8 Å². The molecule has 0 spiro atoms. The maximum atomic E-state index is 12.1. The summed E-state index contributed by atoms with van der Waals surface area (Å²) in [5, 5.41) is 0. The molecule has 3 nitrogen and oxygen atoms in total. The monoisotopic (exact) mass is 174 g/mol. The van der Waals surface area contributed by atoms with E-state index in [-0.39, 0.29) is 11.4 Å². The molecule has 12 heavy (non-hydrogen) atoms. The molecule has 1 rings (SSSR count). The number of rotatable bonds is 1. The quantitative estimate of drug-likeness (QED) is 0.672. The highest BCUT2D eigenvalue weighted by Crippen LogP contribution is 2.15. The highest BCUT2D eigenvalue weighted by atomic mass is 19.3. The fourth-order valence-corrected chi connectivity index (χ4v) is 0.830. The van der Waals surface area contributed by atoms with E-state index >= 15 is 0 Å². The second kappa shape index (κ2) is 2.92. The largest absolute Gasteiger partial charge is 0.385 e. The molecule has 0 aromatic carbocycles. The Bertz CT molecular complexity index is 346. The average molecular weight is 174 g/mol. The van der Waals surface area contributed by atoms with Crippen LogP contribution >= 0.6 is 0 Å². The van der Waals surface area contributed by atoms with Crippen molar-refractivity contribution in [1.29, 1.82) is 0 Å². The molecule has 0 aliphatic carbocycles. The summed E-state index contributed by atoms with van der Waals surface area (Å²) in [5.41, 5.74) is 4.19. The third-order valence-corrected chi connectivity index (χ3v) is 1.63. The molecule has 5 heteroatoms. The van der Waals surface area contributed by atoms with E-state index in [9.17, 15) is 13.6 Å². The van der Waals surface area contributed by atoms with E-state index in [4.69, 9.17) is 5.73 Å². The topological polar surface area (TPSA) is 58.9 Å². The molecule has 66 valence electrons. The zero-order valence-electron chi connectivity index (χ0n) is 6.40. The highest BCUT2D eigenvalue weighted by Gasteiger charge is 2.13. The summed E-state index contributed by atoms with van der Waals surface area (Å²) >= 11 is 0. The van der Waals surface area contributed by atoms with E-state index in [2.05, 4.69) is 4.98 Å². The molecule has 0 aliphatic heterocycles. The van der Waals surface area contributed by atoms with E-state index in [1.807, 2.05) is 0 Å². The molecule has 3 N–H and O–H groups in total. The van der Waals surface area contributed by atoms with Crippen molar-refractivity contribution >= 4 is 5.82 Å². The number of nitrogens with two attached hydrogens (primary N) is 1. The van der Waals surface area contributed by atoms with Crippen molar-refractivity contribution < 1.29 is 8.78 Å². The molecule has 0 saturated heterocycles. The molecule has 0 atom stereocenters. The lowest BCUT2D eigenvalue weighted by molar-refractivity contribution is 0.149. The SMILES string of the molecule is Cc1c(N)[nH]cc(C(F)F)c1=O. The van der Waals surface area contributed by atoms with E-state index in [1.54, 1.807) is 0 Å². The van der Waals surface area contributed by atoms with Gasteiger partial charge >= 0.3 is 0 Å². The number of aromatic nitrogens is 1. The van der Waals surface area contributed by atoms with Crippen LogP contribution in [0.4, 0.5) is 14.6 Å². The predicted molar refractivity (Wildman–Crippen MR) is 41.2 cm³/mol. The van der Waals surface area contributed by atoms with Crippen molar-refractivity contribution in [2.24, 2.45) is 0 Å². The standard InChI is InChI=1S/C7H8F2N2O/c1-3-5(12)4(6(8)9)2-11-7(3)10/h2,6H,1H3,(H3,10,11,12). The fraction of sp³-hybridized carbons (Fsp3) is 0.286. The third kappa shape index (κ3) is 1.30. The normalized spacial score (nSPS) is 10.7. The van der Waals surface area contributed by atoms with Crippen molar-refractivity contribution in [3.63, 3.8) is 0 Å². The van der Waals surface area contributed by atoms with Crippen LogP contribution in [0.15, 0.2) is 11.0 Å². The van der Waals surface area contributed by atoms with Crippen LogP contribution in [0.25, 0.3) is 0 Å². The summed E-state index contributed by atoms with van der Waals surface area (Å²) in [6.45, 7) is 1.40. The number of H-pyrrole nitrogens is 1. The van der Waals surface area contributed by atoms with Crippen LogP contribution in [0.5, 0.6) is 0 Å². The molecule has 0 aliphatic rings. The van der Waals surface area contributed by atoms with E-state index in [1.165, 1.54) is 6.92 Å². The summed E-state index contributed by atoms with van der Waals surface area (Å²) in [5.74, 6) is 0.129. The first kappa shape index (κ1) is 8.70. The van der Waals surface area contributed by atoms with Crippen LogP contribution in [0.2, 0.25) is 0 Å². The minimum absolute atomic E-state index is 0.129. The molecule has 0 unspecified atom stereocenters.